The number of benzene rings is 4. The van der Waals surface area contributed by atoms with Gasteiger partial charge in [-0.25, -0.2) is 4.79 Å². The van der Waals surface area contributed by atoms with E-state index in [1.807, 2.05) is 60.7 Å². The molecule has 0 N–H and O–H groups in total. The number of hydrogen-bond acceptors (Lipinski definition) is 8. The maximum absolute atomic E-state index is 12.8. The Hall–Kier alpha value is -4.37. The molecule has 3 aliphatic rings. The van der Waals surface area contributed by atoms with Crippen LogP contribution in [0.15, 0.2) is 84.9 Å². The average Bonchev–Trinajstić information content (AvgIpc) is 4.00. The minimum absolute atomic E-state index is 0.317. The van der Waals surface area contributed by atoms with Gasteiger partial charge in [0.2, 0.25) is 0 Å². The van der Waals surface area contributed by atoms with Gasteiger partial charge in [-0.15, -0.1) is 0 Å². The van der Waals surface area contributed by atoms with Crippen LogP contribution in [0.4, 0.5) is 0 Å². The fourth-order valence-corrected chi connectivity index (χ4v) is 5.45. The Bertz CT molecular complexity index is 1610. The second-order valence-corrected chi connectivity index (χ2v) is 11.6. The van der Waals surface area contributed by atoms with Crippen molar-refractivity contribution in [2.75, 3.05) is 26.4 Å². The predicted molar refractivity (Wildman–Crippen MR) is 167 cm³/mol. The lowest BCUT2D eigenvalue weighted by atomic mass is 10.1. The summed E-state index contributed by atoms with van der Waals surface area (Å²) in [6.45, 7) is 3.39. The summed E-state index contributed by atoms with van der Waals surface area (Å²) < 4.78 is 27.7. The van der Waals surface area contributed by atoms with Crippen LogP contribution in [0.3, 0.4) is 0 Å². The molecule has 2 unspecified atom stereocenters. The zero-order chi connectivity index (χ0) is 30.4. The molecule has 0 spiro atoms. The third-order valence-corrected chi connectivity index (χ3v) is 8.11. The highest BCUT2D eigenvalue weighted by atomic mass is 17.2. The number of fused-ring (bicyclic) bond motifs is 3. The molecule has 1 aliphatic carbocycles. The van der Waals surface area contributed by atoms with Crippen molar-refractivity contribution < 1.29 is 38.3 Å². The number of esters is 1. The molecule has 2 atom stereocenters. The van der Waals surface area contributed by atoms with E-state index in [1.54, 1.807) is 24.3 Å². The zero-order valence-corrected chi connectivity index (χ0v) is 25.1. The Labute approximate surface area is 262 Å². The van der Waals surface area contributed by atoms with Crippen molar-refractivity contribution in [2.24, 2.45) is 0 Å². The molecule has 0 amide bonds. The van der Waals surface area contributed by atoms with Crippen LogP contribution in [0, 0.1) is 0 Å². The van der Waals surface area contributed by atoms with E-state index in [2.05, 4.69) is 0 Å². The maximum Gasteiger partial charge on any atom is 0.343 e. The van der Waals surface area contributed by atoms with Gasteiger partial charge in [0.1, 0.15) is 23.9 Å². The van der Waals surface area contributed by atoms with Crippen molar-refractivity contribution in [3.63, 3.8) is 0 Å². The minimum Gasteiger partial charge on any atom is -0.494 e. The van der Waals surface area contributed by atoms with Gasteiger partial charge >= 0.3 is 5.97 Å². The van der Waals surface area contributed by atoms with E-state index in [-0.39, 0.29) is 0 Å². The second-order valence-electron chi connectivity index (χ2n) is 11.6. The first-order chi connectivity index (χ1) is 22.2. The Balaban J connectivity index is 0.869. The van der Waals surface area contributed by atoms with Crippen LogP contribution in [-0.4, -0.2) is 44.6 Å². The topological polar surface area (TPSA) is 88.3 Å². The van der Waals surface area contributed by atoms with Crippen LogP contribution in [0.5, 0.6) is 23.0 Å². The maximum atomic E-state index is 12.8. The standard InChI is InChI=1S/C37H36O8/c38-37(26-7-11-30(12-8-26)40-18-2-4-34-24-42-34)44-31-13-15-35-27(20-31)19-28-21-32(14-16-36(28)35)45-43-22-25-5-9-29(10-6-25)39-17-1-3-33-23-41-33/h5-16,20-21,33-34H,1-4,17-19,22-24H2. The van der Waals surface area contributed by atoms with Crippen molar-refractivity contribution in [1.82, 2.24) is 0 Å². The van der Waals surface area contributed by atoms with Crippen LogP contribution in [0.2, 0.25) is 0 Å². The normalized spacial score (nSPS) is 17.2. The highest BCUT2D eigenvalue weighted by Crippen LogP contribution is 2.40. The first-order valence-electron chi connectivity index (χ1n) is 15.6. The van der Waals surface area contributed by atoms with Crippen LogP contribution < -0.4 is 19.1 Å². The molecular weight excluding hydrogens is 572 g/mol. The summed E-state index contributed by atoms with van der Waals surface area (Å²) in [6, 6.07) is 26.6. The van der Waals surface area contributed by atoms with Crippen molar-refractivity contribution in [3.8, 4) is 34.1 Å². The molecule has 0 saturated carbocycles. The molecular formula is C37H36O8. The summed E-state index contributed by atoms with van der Waals surface area (Å²) in [5.41, 5.74) is 5.94. The molecule has 0 radical (unpaired) electrons. The smallest absolute Gasteiger partial charge is 0.343 e. The van der Waals surface area contributed by atoms with Crippen molar-refractivity contribution >= 4 is 5.97 Å². The third kappa shape index (κ3) is 8.02. The molecule has 4 aromatic carbocycles. The van der Waals surface area contributed by atoms with Crippen molar-refractivity contribution in [2.45, 2.75) is 50.9 Å². The van der Waals surface area contributed by atoms with Crippen molar-refractivity contribution in [3.05, 3.63) is 107 Å². The molecule has 7 rings (SSSR count). The molecule has 232 valence electrons. The summed E-state index contributed by atoms with van der Waals surface area (Å²) in [5.74, 6) is 2.32. The molecule has 4 aromatic rings. The van der Waals surface area contributed by atoms with Crippen LogP contribution >= 0.6 is 0 Å². The highest BCUT2D eigenvalue weighted by molar-refractivity contribution is 5.91. The Kier molecular flexibility index (Phi) is 8.95. The second kappa shape index (κ2) is 13.7. The van der Waals surface area contributed by atoms with Gasteiger partial charge in [0.25, 0.3) is 0 Å². The van der Waals surface area contributed by atoms with Gasteiger partial charge < -0.3 is 28.6 Å². The van der Waals surface area contributed by atoms with Crippen LogP contribution in [-0.2, 0) is 27.4 Å². The van der Waals surface area contributed by atoms with Gasteiger partial charge in [-0.2, -0.15) is 4.89 Å². The van der Waals surface area contributed by atoms with Gasteiger partial charge in [-0.1, -0.05) is 24.3 Å². The van der Waals surface area contributed by atoms with Gasteiger partial charge in [-0.05, 0) is 121 Å². The zero-order valence-electron chi connectivity index (χ0n) is 25.1. The Morgan fingerprint density at radius 2 is 1.20 bits per heavy atom. The van der Waals surface area contributed by atoms with E-state index < -0.39 is 5.97 Å². The van der Waals surface area contributed by atoms with E-state index >= 15 is 0 Å². The molecule has 45 heavy (non-hydrogen) atoms. The quantitative estimate of drug-likeness (QED) is 0.0293. The number of rotatable bonds is 16. The number of carbonyl (C=O) groups is 1. The number of hydrogen-bond donors (Lipinski definition) is 0. The number of carbonyl (C=O) groups excluding carboxylic acids is 1. The predicted octanol–water partition coefficient (Wildman–Crippen LogP) is 7.10. The first-order valence-corrected chi connectivity index (χ1v) is 15.6. The molecule has 0 bridgehead atoms. The van der Waals surface area contributed by atoms with E-state index in [9.17, 15) is 4.79 Å². The molecule has 2 saturated heterocycles. The van der Waals surface area contributed by atoms with Gasteiger partial charge in [-0.3, -0.25) is 0 Å². The lowest BCUT2D eigenvalue weighted by Gasteiger charge is -2.09. The summed E-state index contributed by atoms with van der Waals surface area (Å²) in [6.07, 6.45) is 5.57. The SMILES string of the molecule is O=C(Oc1ccc2c(c1)Cc1cc(OOCc3ccc(OCCCC4CO4)cc3)ccc1-2)c1ccc(OCCCC2CO2)cc1. The van der Waals surface area contributed by atoms with E-state index in [4.69, 9.17) is 33.5 Å². The Morgan fingerprint density at radius 3 is 1.80 bits per heavy atom. The average molecular weight is 609 g/mol. The van der Waals surface area contributed by atoms with Gasteiger partial charge in [0, 0.05) is 0 Å². The van der Waals surface area contributed by atoms with Crippen LogP contribution in [0.1, 0.15) is 52.7 Å². The third-order valence-electron chi connectivity index (χ3n) is 8.11. The monoisotopic (exact) mass is 608 g/mol. The van der Waals surface area contributed by atoms with E-state index in [1.165, 1.54) is 0 Å². The summed E-state index contributed by atoms with van der Waals surface area (Å²) in [5, 5.41) is 0. The number of epoxide rings is 2. The van der Waals surface area contributed by atoms with E-state index in [0.29, 0.717) is 55.5 Å². The molecule has 8 nitrogen and oxygen atoms in total. The van der Waals surface area contributed by atoms with Gasteiger partial charge in [0.05, 0.1) is 44.2 Å². The molecule has 8 heteroatoms. The molecule has 2 aliphatic heterocycles. The van der Waals surface area contributed by atoms with Crippen LogP contribution in [0.25, 0.3) is 11.1 Å². The summed E-state index contributed by atoms with van der Waals surface area (Å²) in [7, 11) is 0. The first kappa shape index (κ1) is 29.3. The molecule has 2 fully saturated rings. The fraction of sp³-hybridized carbons (Fsp3) is 0.324. The fourth-order valence-electron chi connectivity index (χ4n) is 5.45. The van der Waals surface area contributed by atoms with Crippen molar-refractivity contribution in [1.29, 1.82) is 0 Å². The molecule has 0 aromatic heterocycles. The number of ether oxygens (including phenoxy) is 5. The lowest BCUT2D eigenvalue weighted by molar-refractivity contribution is -0.217. The lowest BCUT2D eigenvalue weighted by Crippen LogP contribution is -2.08. The summed E-state index contributed by atoms with van der Waals surface area (Å²) >= 11 is 0. The van der Waals surface area contributed by atoms with Gasteiger partial charge in [0.15, 0.2) is 5.75 Å². The Morgan fingerprint density at radius 1 is 0.667 bits per heavy atom. The van der Waals surface area contributed by atoms with E-state index in [0.717, 1.165) is 78.2 Å². The minimum atomic E-state index is -0.405. The highest BCUT2D eigenvalue weighted by Gasteiger charge is 2.23. The summed E-state index contributed by atoms with van der Waals surface area (Å²) in [4.78, 5) is 24.0. The molecule has 2 heterocycles. The largest absolute Gasteiger partial charge is 0.494 e.